The van der Waals surface area contributed by atoms with Crippen LogP contribution < -0.4 is 5.73 Å². The van der Waals surface area contributed by atoms with Gasteiger partial charge in [-0.05, 0) is 36.5 Å². The first-order valence-electron chi connectivity index (χ1n) is 6.28. The highest BCUT2D eigenvalue weighted by molar-refractivity contribution is 7.89. The number of hydrogen-bond acceptors (Lipinski definition) is 3. The summed E-state index contributed by atoms with van der Waals surface area (Å²) in [6.07, 6.45) is 1.56. The van der Waals surface area contributed by atoms with E-state index >= 15 is 0 Å². The number of piperidine rings is 1. The smallest absolute Gasteiger partial charge is 0.245 e. The van der Waals surface area contributed by atoms with Gasteiger partial charge in [0.25, 0.3) is 0 Å². The van der Waals surface area contributed by atoms with E-state index in [1.165, 1.54) is 16.4 Å². The summed E-state index contributed by atoms with van der Waals surface area (Å²) < 4.78 is 39.9. The van der Waals surface area contributed by atoms with Gasteiger partial charge in [0.1, 0.15) is 10.7 Å². The molecule has 1 aromatic carbocycles. The van der Waals surface area contributed by atoms with Gasteiger partial charge in [-0.1, -0.05) is 13.8 Å². The second kappa shape index (κ2) is 4.76. The molecule has 2 N–H and O–H groups in total. The lowest BCUT2D eigenvalue weighted by Crippen LogP contribution is -2.41. The number of nitrogens with two attached hydrogens (primary N) is 1. The van der Waals surface area contributed by atoms with Crippen molar-refractivity contribution in [1.82, 2.24) is 4.31 Å². The van der Waals surface area contributed by atoms with E-state index in [0.29, 0.717) is 13.1 Å². The number of anilines is 1. The molecule has 0 unspecified atom stereocenters. The molecule has 0 spiro atoms. The molecule has 0 amide bonds. The summed E-state index contributed by atoms with van der Waals surface area (Å²) in [5.41, 5.74) is 5.80. The van der Waals surface area contributed by atoms with Crippen molar-refractivity contribution in [3.05, 3.63) is 24.0 Å². The summed E-state index contributed by atoms with van der Waals surface area (Å²) in [7, 11) is -3.76. The molecule has 0 radical (unpaired) electrons. The first-order chi connectivity index (χ1) is 8.72. The average Bonchev–Trinajstić information content (AvgIpc) is 2.27. The van der Waals surface area contributed by atoms with E-state index in [1.54, 1.807) is 0 Å². The Bertz CT molecular complexity index is 574. The number of rotatable bonds is 2. The minimum Gasteiger partial charge on any atom is -0.399 e. The molecule has 0 saturated carbocycles. The lowest BCUT2D eigenvalue weighted by atomic mass is 9.83. The molecule has 1 aliphatic rings. The van der Waals surface area contributed by atoms with Crippen molar-refractivity contribution in [2.45, 2.75) is 31.6 Å². The van der Waals surface area contributed by atoms with Gasteiger partial charge in [-0.25, -0.2) is 12.8 Å². The molecule has 1 saturated heterocycles. The molecule has 4 nitrogen and oxygen atoms in total. The summed E-state index contributed by atoms with van der Waals surface area (Å²) in [4.78, 5) is -0.290. The van der Waals surface area contributed by atoms with Crippen LogP contribution in [0.5, 0.6) is 0 Å². The number of hydrogen-bond donors (Lipinski definition) is 1. The van der Waals surface area contributed by atoms with Gasteiger partial charge >= 0.3 is 0 Å². The third-order valence-corrected chi connectivity index (χ3v) is 5.58. The van der Waals surface area contributed by atoms with E-state index in [4.69, 9.17) is 5.73 Å². The normalized spacial score (nSPS) is 20.4. The molecule has 2 rings (SSSR count). The third kappa shape index (κ3) is 2.90. The minimum atomic E-state index is -3.76. The summed E-state index contributed by atoms with van der Waals surface area (Å²) in [6.45, 7) is 5.08. The maximum Gasteiger partial charge on any atom is 0.245 e. The van der Waals surface area contributed by atoms with Gasteiger partial charge in [0.2, 0.25) is 10.0 Å². The highest BCUT2D eigenvalue weighted by atomic mass is 32.2. The molecule has 0 atom stereocenters. The van der Waals surface area contributed by atoms with Crippen LogP contribution in [0, 0.1) is 11.2 Å². The van der Waals surface area contributed by atoms with Gasteiger partial charge in [0.15, 0.2) is 0 Å². The standard InChI is InChI=1S/C13H19FN2O2S/c1-13(2)5-7-16(8-6-13)19(17,18)12-4-3-10(15)9-11(12)14/h3-4,9H,5-8,15H2,1-2H3. The lowest BCUT2D eigenvalue weighted by Gasteiger charge is -2.36. The van der Waals surface area contributed by atoms with Gasteiger partial charge in [-0.2, -0.15) is 4.31 Å². The number of sulfonamides is 1. The molecule has 106 valence electrons. The van der Waals surface area contributed by atoms with Gasteiger partial charge in [0.05, 0.1) is 0 Å². The second-order valence-electron chi connectivity index (χ2n) is 5.76. The number of benzene rings is 1. The van der Waals surface area contributed by atoms with Crippen molar-refractivity contribution in [3.8, 4) is 0 Å². The summed E-state index contributed by atoms with van der Waals surface area (Å²) in [5, 5.41) is 0. The van der Waals surface area contributed by atoms with Gasteiger partial charge < -0.3 is 5.73 Å². The molecule has 1 heterocycles. The monoisotopic (exact) mass is 286 g/mol. The Kier molecular flexibility index (Phi) is 3.57. The van der Waals surface area contributed by atoms with E-state index in [2.05, 4.69) is 13.8 Å². The number of nitrogen functional groups attached to an aromatic ring is 1. The van der Waals surface area contributed by atoms with Gasteiger partial charge in [-0.15, -0.1) is 0 Å². The molecule has 0 aliphatic carbocycles. The average molecular weight is 286 g/mol. The van der Waals surface area contributed by atoms with Crippen molar-refractivity contribution >= 4 is 15.7 Å². The quantitative estimate of drug-likeness (QED) is 0.848. The van der Waals surface area contributed by atoms with E-state index in [9.17, 15) is 12.8 Å². The van der Waals surface area contributed by atoms with Crippen LogP contribution in [-0.4, -0.2) is 25.8 Å². The van der Waals surface area contributed by atoms with Crippen LogP contribution >= 0.6 is 0 Å². The Balaban J connectivity index is 2.28. The third-order valence-electron chi connectivity index (χ3n) is 3.65. The predicted octanol–water partition coefficient (Wildman–Crippen LogP) is 2.22. The van der Waals surface area contributed by atoms with Crippen LogP contribution in [0.2, 0.25) is 0 Å². The highest BCUT2D eigenvalue weighted by Crippen LogP contribution is 2.33. The zero-order valence-electron chi connectivity index (χ0n) is 11.2. The molecular weight excluding hydrogens is 267 g/mol. The van der Waals surface area contributed by atoms with Crippen molar-refractivity contribution in [2.75, 3.05) is 18.8 Å². The largest absolute Gasteiger partial charge is 0.399 e. The van der Waals surface area contributed by atoms with Crippen LogP contribution in [0.25, 0.3) is 0 Å². The fourth-order valence-electron chi connectivity index (χ4n) is 2.20. The van der Waals surface area contributed by atoms with Gasteiger partial charge in [-0.3, -0.25) is 0 Å². The first kappa shape index (κ1) is 14.3. The SMILES string of the molecule is CC1(C)CCN(S(=O)(=O)c2ccc(N)cc2F)CC1. The van der Waals surface area contributed by atoms with E-state index in [0.717, 1.165) is 18.9 Å². The maximum atomic E-state index is 13.8. The molecule has 0 aromatic heterocycles. The van der Waals surface area contributed by atoms with Crippen LogP contribution in [0.1, 0.15) is 26.7 Å². The Morgan fingerprint density at radius 1 is 1.26 bits per heavy atom. The molecule has 1 aromatic rings. The molecule has 1 aliphatic heterocycles. The van der Waals surface area contributed by atoms with E-state index in [-0.39, 0.29) is 16.0 Å². The first-order valence-corrected chi connectivity index (χ1v) is 7.72. The zero-order valence-corrected chi connectivity index (χ0v) is 12.0. The van der Waals surface area contributed by atoms with E-state index in [1.807, 2.05) is 0 Å². The van der Waals surface area contributed by atoms with Crippen LogP contribution in [0.4, 0.5) is 10.1 Å². The van der Waals surface area contributed by atoms with Crippen molar-refractivity contribution in [2.24, 2.45) is 5.41 Å². The van der Waals surface area contributed by atoms with E-state index < -0.39 is 15.8 Å². The lowest BCUT2D eigenvalue weighted by molar-refractivity contribution is 0.195. The maximum absolute atomic E-state index is 13.8. The molecule has 6 heteroatoms. The van der Waals surface area contributed by atoms with Crippen molar-refractivity contribution in [1.29, 1.82) is 0 Å². The second-order valence-corrected chi connectivity index (χ2v) is 7.66. The van der Waals surface area contributed by atoms with Crippen molar-refractivity contribution < 1.29 is 12.8 Å². The fourth-order valence-corrected chi connectivity index (χ4v) is 3.68. The Morgan fingerprint density at radius 2 is 1.84 bits per heavy atom. The number of halogens is 1. The summed E-state index contributed by atoms with van der Waals surface area (Å²) >= 11 is 0. The Morgan fingerprint density at radius 3 is 2.37 bits per heavy atom. The molecule has 1 fully saturated rings. The predicted molar refractivity (Wildman–Crippen MR) is 72.6 cm³/mol. The summed E-state index contributed by atoms with van der Waals surface area (Å²) in [5.74, 6) is -0.787. The topological polar surface area (TPSA) is 63.4 Å². The Hall–Kier alpha value is -1.14. The number of nitrogens with zero attached hydrogens (tertiary/aromatic N) is 1. The van der Waals surface area contributed by atoms with Crippen LogP contribution in [0.3, 0.4) is 0 Å². The van der Waals surface area contributed by atoms with Crippen LogP contribution in [0.15, 0.2) is 23.1 Å². The highest BCUT2D eigenvalue weighted by Gasteiger charge is 2.33. The Labute approximate surface area is 113 Å². The fraction of sp³-hybridized carbons (Fsp3) is 0.538. The molecule has 0 bridgehead atoms. The van der Waals surface area contributed by atoms with Crippen LogP contribution in [-0.2, 0) is 10.0 Å². The van der Waals surface area contributed by atoms with Gasteiger partial charge in [0, 0.05) is 18.8 Å². The minimum absolute atomic E-state index is 0.145. The summed E-state index contributed by atoms with van der Waals surface area (Å²) in [6, 6.07) is 3.68. The molecular formula is C13H19FN2O2S. The van der Waals surface area contributed by atoms with Crippen molar-refractivity contribution in [3.63, 3.8) is 0 Å². The molecule has 19 heavy (non-hydrogen) atoms. The zero-order chi connectivity index (χ0) is 14.3.